The average Bonchev–Trinajstić information content (AvgIpc) is 2.67. The van der Waals surface area contributed by atoms with E-state index in [1.54, 1.807) is 5.48 Å². The van der Waals surface area contributed by atoms with E-state index in [1.807, 2.05) is 44.2 Å². The second kappa shape index (κ2) is 12.7. The lowest BCUT2D eigenvalue weighted by Gasteiger charge is -2.29. The fourth-order valence-corrected chi connectivity index (χ4v) is 3.17. The second-order valence-corrected chi connectivity index (χ2v) is 8.07. The number of carbonyl (C=O) groups is 1. The van der Waals surface area contributed by atoms with Crippen molar-refractivity contribution in [1.82, 2.24) is 10.8 Å². The highest BCUT2D eigenvalue weighted by Gasteiger charge is 2.27. The molecule has 0 radical (unpaired) electrons. The first-order valence-electron chi connectivity index (χ1n) is 10.3. The summed E-state index contributed by atoms with van der Waals surface area (Å²) in [5.41, 5.74) is 1.13. The molecule has 0 aliphatic heterocycles. The van der Waals surface area contributed by atoms with Gasteiger partial charge in [-0.1, -0.05) is 38.5 Å². The van der Waals surface area contributed by atoms with E-state index < -0.39 is 5.41 Å². The normalized spacial score (nSPS) is 19.6. The summed E-state index contributed by atoms with van der Waals surface area (Å²) in [7, 11) is 0. The van der Waals surface area contributed by atoms with Gasteiger partial charge in [0.15, 0.2) is 0 Å². The van der Waals surface area contributed by atoms with Gasteiger partial charge in [0.1, 0.15) is 5.75 Å². The number of ether oxygens (including phenoxy) is 1. The van der Waals surface area contributed by atoms with E-state index in [9.17, 15) is 4.79 Å². The number of rotatable bonds is 8. The maximum absolute atomic E-state index is 11.5. The fourth-order valence-electron chi connectivity index (χ4n) is 3.17. The molecule has 154 valence electrons. The summed E-state index contributed by atoms with van der Waals surface area (Å²) < 4.78 is 6.03. The highest BCUT2D eigenvalue weighted by atomic mass is 16.5. The third-order valence-corrected chi connectivity index (χ3v) is 4.85. The summed E-state index contributed by atoms with van der Waals surface area (Å²) in [6.07, 6.45) is 7.31. The summed E-state index contributed by atoms with van der Waals surface area (Å²) in [6, 6.07) is 10.0. The molecule has 0 saturated heterocycles. The van der Waals surface area contributed by atoms with Crippen LogP contribution in [0.15, 0.2) is 30.3 Å². The number of hydrogen-bond donors (Lipinski definition) is 3. The van der Waals surface area contributed by atoms with Gasteiger partial charge in [0, 0.05) is 6.54 Å². The zero-order chi connectivity index (χ0) is 20.1. The summed E-state index contributed by atoms with van der Waals surface area (Å²) >= 11 is 0. The van der Waals surface area contributed by atoms with Crippen LogP contribution in [-0.2, 0) is 4.79 Å². The van der Waals surface area contributed by atoms with Gasteiger partial charge >= 0.3 is 0 Å². The van der Waals surface area contributed by atoms with Crippen LogP contribution in [0.25, 0.3) is 0 Å². The van der Waals surface area contributed by atoms with Crippen molar-refractivity contribution in [1.29, 1.82) is 0 Å². The Labute approximate surface area is 164 Å². The first-order valence-corrected chi connectivity index (χ1v) is 10.3. The summed E-state index contributed by atoms with van der Waals surface area (Å²) in [6.45, 7) is 9.35. The molecule has 5 nitrogen and oxygen atoms in total. The first-order chi connectivity index (χ1) is 12.9. The lowest BCUT2D eigenvalue weighted by Crippen LogP contribution is -2.42. The van der Waals surface area contributed by atoms with E-state index in [2.05, 4.69) is 19.2 Å². The number of carbonyl (C=O) groups excluding carboxylic acids is 1. The zero-order valence-electron chi connectivity index (χ0n) is 17.5. The quantitative estimate of drug-likeness (QED) is 0.352. The van der Waals surface area contributed by atoms with Crippen LogP contribution in [0, 0.1) is 11.3 Å². The molecule has 1 amide bonds. The van der Waals surface area contributed by atoms with Crippen LogP contribution in [0.3, 0.4) is 0 Å². The van der Waals surface area contributed by atoms with Gasteiger partial charge in [0.05, 0.1) is 11.5 Å². The SMILES string of the molecule is CC(C)(CNCCC1CCC(Oc2ccccc2)CC1)C(=O)NO.CCC. The minimum Gasteiger partial charge on any atom is -0.490 e. The summed E-state index contributed by atoms with van der Waals surface area (Å²) in [4.78, 5) is 11.5. The van der Waals surface area contributed by atoms with E-state index >= 15 is 0 Å². The van der Waals surface area contributed by atoms with Gasteiger partial charge in [-0.25, -0.2) is 5.48 Å². The van der Waals surface area contributed by atoms with E-state index in [4.69, 9.17) is 9.94 Å². The Kier molecular flexibility index (Phi) is 11.1. The van der Waals surface area contributed by atoms with Crippen LogP contribution in [0.4, 0.5) is 0 Å². The minimum absolute atomic E-state index is 0.337. The lowest BCUT2D eigenvalue weighted by atomic mass is 9.85. The molecule has 0 aromatic heterocycles. The van der Waals surface area contributed by atoms with Gasteiger partial charge < -0.3 is 10.1 Å². The molecule has 0 unspecified atom stereocenters. The van der Waals surface area contributed by atoms with E-state index in [1.165, 1.54) is 19.3 Å². The van der Waals surface area contributed by atoms with Crippen LogP contribution in [0.5, 0.6) is 5.75 Å². The Hall–Kier alpha value is -1.59. The molecule has 1 aromatic carbocycles. The van der Waals surface area contributed by atoms with Crippen molar-refractivity contribution in [3.63, 3.8) is 0 Å². The van der Waals surface area contributed by atoms with Gasteiger partial charge in [0.2, 0.25) is 5.91 Å². The molecular weight excluding hydrogens is 340 g/mol. The molecule has 0 atom stereocenters. The number of hydrogen-bond acceptors (Lipinski definition) is 4. The number of nitrogens with one attached hydrogen (secondary N) is 2. The monoisotopic (exact) mass is 378 g/mol. The van der Waals surface area contributed by atoms with Gasteiger partial charge in [-0.05, 0) is 70.5 Å². The Bertz CT molecular complexity index is 512. The van der Waals surface area contributed by atoms with Crippen molar-refractivity contribution in [3.05, 3.63) is 30.3 Å². The van der Waals surface area contributed by atoms with Crippen molar-refractivity contribution in [3.8, 4) is 5.75 Å². The van der Waals surface area contributed by atoms with Crippen molar-refractivity contribution in [2.75, 3.05) is 13.1 Å². The van der Waals surface area contributed by atoms with Crippen LogP contribution in [-0.4, -0.2) is 30.3 Å². The molecule has 1 aliphatic rings. The van der Waals surface area contributed by atoms with E-state index in [0.29, 0.717) is 12.6 Å². The van der Waals surface area contributed by atoms with Crippen LogP contribution in [0.1, 0.15) is 66.2 Å². The Balaban J connectivity index is 0.00000114. The third kappa shape index (κ3) is 9.25. The Morgan fingerprint density at radius 1 is 1.15 bits per heavy atom. The maximum atomic E-state index is 11.5. The zero-order valence-corrected chi connectivity index (χ0v) is 17.5. The number of amides is 1. The minimum atomic E-state index is -0.601. The van der Waals surface area contributed by atoms with Crippen molar-refractivity contribution < 1.29 is 14.7 Å². The summed E-state index contributed by atoms with van der Waals surface area (Å²) in [5.74, 6) is 1.34. The average molecular weight is 379 g/mol. The standard InChI is InChI=1S/C19H30N2O3.C3H8/c1-19(2,18(22)21-23)14-20-13-12-15-8-10-17(11-9-15)24-16-6-4-3-5-7-16;1-3-2/h3-7,15,17,20,23H,8-14H2,1-2H3,(H,21,22);3H2,1-2H3. The Morgan fingerprint density at radius 3 is 2.30 bits per heavy atom. The van der Waals surface area contributed by atoms with Gasteiger partial charge in [-0.15, -0.1) is 0 Å². The first kappa shape index (κ1) is 23.4. The molecule has 5 heteroatoms. The van der Waals surface area contributed by atoms with E-state index in [-0.39, 0.29) is 5.91 Å². The predicted molar refractivity (Wildman–Crippen MR) is 110 cm³/mol. The second-order valence-electron chi connectivity index (χ2n) is 8.07. The molecular formula is C22H38N2O3. The molecule has 3 N–H and O–H groups in total. The molecule has 1 saturated carbocycles. The Morgan fingerprint density at radius 2 is 1.74 bits per heavy atom. The predicted octanol–water partition coefficient (Wildman–Crippen LogP) is 4.55. The highest BCUT2D eigenvalue weighted by Crippen LogP contribution is 2.29. The van der Waals surface area contributed by atoms with Crippen molar-refractivity contribution in [2.45, 2.75) is 72.3 Å². The molecule has 2 rings (SSSR count). The molecule has 0 heterocycles. The van der Waals surface area contributed by atoms with Crippen LogP contribution >= 0.6 is 0 Å². The molecule has 1 aliphatic carbocycles. The lowest BCUT2D eigenvalue weighted by molar-refractivity contribution is -0.137. The number of benzene rings is 1. The fraction of sp³-hybridized carbons (Fsp3) is 0.682. The van der Waals surface area contributed by atoms with Gasteiger partial charge in [-0.2, -0.15) is 0 Å². The number of hydroxylamine groups is 1. The largest absolute Gasteiger partial charge is 0.490 e. The van der Waals surface area contributed by atoms with Gasteiger partial charge in [0.25, 0.3) is 0 Å². The third-order valence-electron chi connectivity index (χ3n) is 4.85. The smallest absolute Gasteiger partial charge is 0.250 e. The molecule has 1 aromatic rings. The van der Waals surface area contributed by atoms with Crippen LogP contribution in [0.2, 0.25) is 0 Å². The molecule has 1 fully saturated rings. The van der Waals surface area contributed by atoms with Crippen LogP contribution < -0.4 is 15.5 Å². The maximum Gasteiger partial charge on any atom is 0.250 e. The topological polar surface area (TPSA) is 70.6 Å². The molecule has 27 heavy (non-hydrogen) atoms. The van der Waals surface area contributed by atoms with Gasteiger partial charge in [-0.3, -0.25) is 10.0 Å². The van der Waals surface area contributed by atoms with Crippen molar-refractivity contribution in [2.24, 2.45) is 11.3 Å². The van der Waals surface area contributed by atoms with E-state index in [0.717, 1.165) is 37.5 Å². The summed E-state index contributed by atoms with van der Waals surface area (Å²) in [5, 5.41) is 12.1. The number of para-hydroxylation sites is 1. The molecule has 0 spiro atoms. The molecule has 0 bridgehead atoms. The van der Waals surface area contributed by atoms with Crippen molar-refractivity contribution >= 4 is 5.91 Å². The highest BCUT2D eigenvalue weighted by molar-refractivity contribution is 5.80.